The van der Waals surface area contributed by atoms with Crippen molar-refractivity contribution in [1.82, 2.24) is 4.89 Å². The first-order valence-electron chi connectivity index (χ1n) is 4.53. The van der Waals surface area contributed by atoms with E-state index in [9.17, 15) is 17.6 Å². The van der Waals surface area contributed by atoms with Crippen LogP contribution in [0.1, 0.15) is 5.56 Å². The van der Waals surface area contributed by atoms with Crippen LogP contribution >= 0.6 is 0 Å². The van der Waals surface area contributed by atoms with Crippen molar-refractivity contribution in [3.05, 3.63) is 35.6 Å². The topological polar surface area (TPSA) is 98.5 Å². The van der Waals surface area contributed by atoms with Gasteiger partial charge >= 0.3 is 0 Å². The van der Waals surface area contributed by atoms with E-state index in [1.165, 1.54) is 12.1 Å². The maximum atomic E-state index is 12.6. The number of nitrogens with one attached hydrogen (secondary N) is 1. The Morgan fingerprint density at radius 1 is 1.35 bits per heavy atom. The second-order valence-corrected chi connectivity index (χ2v) is 4.91. The van der Waals surface area contributed by atoms with Crippen LogP contribution in [-0.2, 0) is 25.4 Å². The van der Waals surface area contributed by atoms with Crippen LogP contribution in [0.2, 0.25) is 0 Å². The molecule has 0 fully saturated rings. The number of primary amides is 1. The smallest absolute Gasteiger partial charge is 0.245 e. The van der Waals surface area contributed by atoms with Crippen molar-refractivity contribution in [2.24, 2.45) is 5.73 Å². The quantitative estimate of drug-likeness (QED) is 0.685. The molecule has 0 aliphatic carbocycles. The summed E-state index contributed by atoms with van der Waals surface area (Å²) in [5, 5.41) is 0. The first kappa shape index (κ1) is 13.6. The van der Waals surface area contributed by atoms with Gasteiger partial charge in [-0.1, -0.05) is 17.0 Å². The Morgan fingerprint density at radius 3 is 2.47 bits per heavy atom. The van der Waals surface area contributed by atoms with Crippen molar-refractivity contribution in [2.75, 3.05) is 6.61 Å². The van der Waals surface area contributed by atoms with E-state index in [0.717, 1.165) is 12.1 Å². The van der Waals surface area contributed by atoms with Crippen LogP contribution in [0.25, 0.3) is 0 Å². The zero-order valence-electron chi connectivity index (χ0n) is 8.72. The van der Waals surface area contributed by atoms with Crippen LogP contribution in [0.15, 0.2) is 24.3 Å². The molecule has 8 heteroatoms. The van der Waals surface area contributed by atoms with Crippen molar-refractivity contribution in [1.29, 1.82) is 0 Å². The number of nitrogens with two attached hydrogens (primary N) is 1. The molecular formula is C9H11FN2O4S. The summed E-state index contributed by atoms with van der Waals surface area (Å²) in [6, 6.07) is 4.97. The summed E-state index contributed by atoms with van der Waals surface area (Å²) >= 11 is 0. The van der Waals surface area contributed by atoms with Gasteiger partial charge in [-0.15, -0.1) is 0 Å². The summed E-state index contributed by atoms with van der Waals surface area (Å²) in [4.78, 5) is 16.4. The molecule has 0 bridgehead atoms. The average molecular weight is 262 g/mol. The molecule has 6 nitrogen and oxygen atoms in total. The zero-order chi connectivity index (χ0) is 12.9. The van der Waals surface area contributed by atoms with E-state index in [2.05, 4.69) is 4.84 Å². The minimum absolute atomic E-state index is 0.383. The first-order chi connectivity index (χ1) is 7.89. The predicted molar refractivity (Wildman–Crippen MR) is 57.3 cm³/mol. The highest BCUT2D eigenvalue weighted by Crippen LogP contribution is 2.06. The second-order valence-electron chi connectivity index (χ2n) is 3.22. The fourth-order valence-corrected chi connectivity index (χ4v) is 1.95. The van der Waals surface area contributed by atoms with E-state index >= 15 is 0 Å². The zero-order valence-corrected chi connectivity index (χ0v) is 9.54. The van der Waals surface area contributed by atoms with Gasteiger partial charge in [0.05, 0.1) is 5.75 Å². The molecule has 0 radical (unpaired) electrons. The Hall–Kier alpha value is -1.51. The molecule has 0 saturated heterocycles. The van der Waals surface area contributed by atoms with Crippen LogP contribution in [0.3, 0.4) is 0 Å². The largest absolute Gasteiger partial charge is 0.368 e. The number of carbonyl (C=O) groups is 1. The van der Waals surface area contributed by atoms with Gasteiger partial charge in [0.25, 0.3) is 0 Å². The third kappa shape index (κ3) is 5.38. The summed E-state index contributed by atoms with van der Waals surface area (Å²) in [6.07, 6.45) is 0. The minimum atomic E-state index is -3.75. The molecule has 1 aromatic carbocycles. The lowest BCUT2D eigenvalue weighted by Crippen LogP contribution is -2.30. The molecular weight excluding hydrogens is 251 g/mol. The highest BCUT2D eigenvalue weighted by molar-refractivity contribution is 7.88. The number of sulfonamides is 1. The summed E-state index contributed by atoms with van der Waals surface area (Å²) in [5.41, 5.74) is 5.14. The summed E-state index contributed by atoms with van der Waals surface area (Å²) in [7, 11) is -3.75. The van der Waals surface area contributed by atoms with Gasteiger partial charge in [-0.3, -0.25) is 9.63 Å². The molecule has 17 heavy (non-hydrogen) atoms. The number of hydrogen-bond acceptors (Lipinski definition) is 4. The Balaban J connectivity index is 2.54. The Labute approximate surface area is 97.6 Å². The van der Waals surface area contributed by atoms with Gasteiger partial charge in [0.2, 0.25) is 15.9 Å². The monoisotopic (exact) mass is 262 g/mol. The van der Waals surface area contributed by atoms with E-state index in [-0.39, 0.29) is 5.75 Å². The predicted octanol–water partition coefficient (Wildman–Crippen LogP) is -0.338. The number of hydrogen-bond donors (Lipinski definition) is 2. The molecule has 0 aromatic heterocycles. The highest BCUT2D eigenvalue weighted by atomic mass is 32.2. The molecule has 0 atom stereocenters. The van der Waals surface area contributed by atoms with Gasteiger partial charge in [0.15, 0.2) is 0 Å². The normalized spacial score (nSPS) is 11.4. The van der Waals surface area contributed by atoms with Crippen LogP contribution in [0, 0.1) is 5.82 Å². The number of benzene rings is 1. The van der Waals surface area contributed by atoms with Crippen LogP contribution in [-0.4, -0.2) is 20.9 Å². The maximum absolute atomic E-state index is 12.6. The molecule has 0 unspecified atom stereocenters. The van der Waals surface area contributed by atoms with Gasteiger partial charge in [0, 0.05) is 0 Å². The highest BCUT2D eigenvalue weighted by Gasteiger charge is 2.12. The Bertz CT molecular complexity index is 486. The van der Waals surface area contributed by atoms with E-state index in [4.69, 9.17) is 5.73 Å². The Kier molecular flexibility index (Phi) is 4.55. The van der Waals surface area contributed by atoms with Crippen molar-refractivity contribution in [2.45, 2.75) is 5.75 Å². The fraction of sp³-hybridized carbons (Fsp3) is 0.222. The second kappa shape index (κ2) is 5.71. The summed E-state index contributed by atoms with van der Waals surface area (Å²) < 4.78 is 35.3. The van der Waals surface area contributed by atoms with Gasteiger partial charge in [-0.2, -0.15) is 0 Å². The Morgan fingerprint density at radius 2 is 1.94 bits per heavy atom. The molecule has 1 amide bonds. The van der Waals surface area contributed by atoms with Crippen molar-refractivity contribution in [3.63, 3.8) is 0 Å². The SMILES string of the molecule is NC(=O)CONS(=O)(=O)Cc1ccc(F)cc1. The summed E-state index contributed by atoms with van der Waals surface area (Å²) in [6.45, 7) is -0.553. The van der Waals surface area contributed by atoms with Gasteiger partial charge in [-0.25, -0.2) is 12.8 Å². The molecule has 0 spiro atoms. The standard InChI is InChI=1S/C9H11FN2O4S/c10-8-3-1-7(2-4-8)6-17(14,15)12-16-5-9(11)13/h1-4,12H,5-6H2,(H2,11,13). The molecule has 0 saturated carbocycles. The molecule has 1 rings (SSSR count). The lowest BCUT2D eigenvalue weighted by Gasteiger charge is -2.05. The van der Waals surface area contributed by atoms with E-state index in [1.54, 1.807) is 4.89 Å². The molecule has 3 N–H and O–H groups in total. The van der Waals surface area contributed by atoms with E-state index < -0.39 is 28.4 Å². The number of rotatable bonds is 6. The molecule has 0 aliphatic heterocycles. The summed E-state index contributed by atoms with van der Waals surface area (Å²) in [5.74, 6) is -1.63. The third-order valence-electron chi connectivity index (χ3n) is 1.67. The number of halogens is 1. The molecule has 94 valence electrons. The minimum Gasteiger partial charge on any atom is -0.368 e. The number of amides is 1. The molecule has 0 heterocycles. The van der Waals surface area contributed by atoms with Gasteiger partial charge < -0.3 is 5.73 Å². The van der Waals surface area contributed by atoms with Crippen LogP contribution < -0.4 is 10.6 Å². The van der Waals surface area contributed by atoms with Crippen molar-refractivity contribution in [3.8, 4) is 0 Å². The van der Waals surface area contributed by atoms with E-state index in [0.29, 0.717) is 5.56 Å². The van der Waals surface area contributed by atoms with Crippen LogP contribution in [0.4, 0.5) is 4.39 Å². The third-order valence-corrected chi connectivity index (χ3v) is 2.76. The van der Waals surface area contributed by atoms with Crippen molar-refractivity contribution < 1.29 is 22.4 Å². The lowest BCUT2D eigenvalue weighted by atomic mass is 10.2. The van der Waals surface area contributed by atoms with E-state index in [1.807, 2.05) is 0 Å². The van der Waals surface area contributed by atoms with Gasteiger partial charge in [0.1, 0.15) is 12.4 Å². The fourth-order valence-electron chi connectivity index (χ4n) is 1.02. The maximum Gasteiger partial charge on any atom is 0.245 e. The molecule has 1 aromatic rings. The molecule has 0 aliphatic rings. The average Bonchev–Trinajstić information content (AvgIpc) is 2.20. The van der Waals surface area contributed by atoms with Crippen LogP contribution in [0.5, 0.6) is 0 Å². The number of carbonyl (C=O) groups excluding carboxylic acids is 1. The van der Waals surface area contributed by atoms with Crippen molar-refractivity contribution >= 4 is 15.9 Å². The lowest BCUT2D eigenvalue weighted by molar-refractivity contribution is -0.123. The van der Waals surface area contributed by atoms with Gasteiger partial charge in [-0.05, 0) is 17.7 Å². The first-order valence-corrected chi connectivity index (χ1v) is 6.18.